The Labute approximate surface area is 151 Å². The molecule has 3 atom stereocenters. The van der Waals surface area contributed by atoms with Gasteiger partial charge in [-0.15, -0.1) is 0 Å². The lowest BCUT2D eigenvalue weighted by molar-refractivity contribution is -0.394. The molecule has 27 heavy (non-hydrogen) atoms. The first-order valence-corrected chi connectivity index (χ1v) is 7.99. The van der Waals surface area contributed by atoms with Crippen LogP contribution < -0.4 is 5.43 Å². The standard InChI is InChI=1S/C15H14N6O6/c22-9-3-1-2-8(4-9)13(23)18-17-10-5-11(12-6-26-14(10)27-12)20-7-16-15(19-20)21(24)25/h1-4,7,11-12,14,22H,5-6H2,(H,18,23)/b17-10+/t11-,12-,14+/m1/s1. The highest BCUT2D eigenvalue weighted by Crippen LogP contribution is 2.33. The van der Waals surface area contributed by atoms with Crippen LogP contribution in [0.5, 0.6) is 5.75 Å². The Balaban J connectivity index is 1.51. The van der Waals surface area contributed by atoms with Crippen LogP contribution in [0.1, 0.15) is 22.8 Å². The maximum Gasteiger partial charge on any atom is 0.490 e. The molecular formula is C15H14N6O6. The second-order valence-electron chi connectivity index (χ2n) is 5.99. The van der Waals surface area contributed by atoms with Gasteiger partial charge in [0.1, 0.15) is 17.9 Å². The molecule has 0 spiro atoms. The summed E-state index contributed by atoms with van der Waals surface area (Å²) in [5, 5.41) is 28.1. The normalized spacial score (nSPS) is 25.5. The number of phenolic OH excluding ortho intramolecular Hbond substituents is 1. The van der Waals surface area contributed by atoms with Crippen LogP contribution >= 0.6 is 0 Å². The van der Waals surface area contributed by atoms with Gasteiger partial charge in [0.2, 0.25) is 6.33 Å². The highest BCUT2D eigenvalue weighted by atomic mass is 16.7. The number of nitrogens with one attached hydrogen (secondary N) is 1. The zero-order chi connectivity index (χ0) is 19.0. The third-order valence-corrected chi connectivity index (χ3v) is 4.24. The van der Waals surface area contributed by atoms with Crippen LogP contribution in [-0.4, -0.2) is 55.4 Å². The molecule has 2 aromatic rings. The molecule has 2 saturated heterocycles. The van der Waals surface area contributed by atoms with E-state index in [9.17, 15) is 20.0 Å². The SMILES string of the molecule is O=C(N/N=C1\C[C@@H](n2cnc([N+](=O)[O-])n2)[C@H]2CO[C@H]1O2)c1cccc(O)c1. The highest BCUT2D eigenvalue weighted by molar-refractivity contribution is 5.96. The fourth-order valence-corrected chi connectivity index (χ4v) is 2.94. The number of aromatic nitrogens is 3. The number of hydrogen-bond donors (Lipinski definition) is 2. The summed E-state index contributed by atoms with van der Waals surface area (Å²) >= 11 is 0. The van der Waals surface area contributed by atoms with Crippen molar-refractivity contribution in [2.45, 2.75) is 24.9 Å². The molecule has 2 aliphatic heterocycles. The smallest absolute Gasteiger partial charge is 0.490 e. The second-order valence-corrected chi connectivity index (χ2v) is 5.99. The highest BCUT2D eigenvalue weighted by Gasteiger charge is 2.44. The molecule has 2 aliphatic rings. The number of fused-ring (bicyclic) bond motifs is 2. The first kappa shape index (κ1) is 17.1. The van der Waals surface area contributed by atoms with Crippen LogP contribution in [0.3, 0.4) is 0 Å². The van der Waals surface area contributed by atoms with E-state index in [0.717, 1.165) is 0 Å². The zero-order valence-corrected chi connectivity index (χ0v) is 13.8. The lowest BCUT2D eigenvalue weighted by atomic mass is 10.0. The lowest BCUT2D eigenvalue weighted by Crippen LogP contribution is -2.38. The minimum Gasteiger partial charge on any atom is -0.508 e. The number of nitrogens with zero attached hydrogens (tertiary/aromatic N) is 5. The van der Waals surface area contributed by atoms with Crippen LogP contribution in [0, 0.1) is 10.1 Å². The van der Waals surface area contributed by atoms with Crippen LogP contribution in [0.25, 0.3) is 0 Å². The van der Waals surface area contributed by atoms with Crippen LogP contribution in [0.4, 0.5) is 5.95 Å². The maximum absolute atomic E-state index is 12.2. The number of carbonyl (C=O) groups is 1. The van der Waals surface area contributed by atoms with Gasteiger partial charge in [-0.05, 0) is 23.1 Å². The van der Waals surface area contributed by atoms with E-state index in [1.165, 1.54) is 29.2 Å². The monoisotopic (exact) mass is 374 g/mol. The first-order chi connectivity index (χ1) is 13.0. The van der Waals surface area contributed by atoms with Gasteiger partial charge in [-0.25, -0.2) is 5.43 Å². The van der Waals surface area contributed by atoms with Gasteiger partial charge in [0.05, 0.1) is 12.3 Å². The van der Waals surface area contributed by atoms with Gasteiger partial charge in [-0.1, -0.05) is 11.1 Å². The van der Waals surface area contributed by atoms with Crippen molar-refractivity contribution in [1.82, 2.24) is 20.2 Å². The molecule has 4 rings (SSSR count). The average Bonchev–Trinajstić information content (AvgIpc) is 3.30. The van der Waals surface area contributed by atoms with Gasteiger partial charge in [0, 0.05) is 17.1 Å². The molecule has 2 bridgehead atoms. The topological polar surface area (TPSA) is 154 Å². The van der Waals surface area contributed by atoms with Crippen LogP contribution in [0.2, 0.25) is 0 Å². The fraction of sp³-hybridized carbons (Fsp3) is 0.333. The van der Waals surface area contributed by atoms with Crippen molar-refractivity contribution in [3.05, 3.63) is 46.3 Å². The van der Waals surface area contributed by atoms with E-state index >= 15 is 0 Å². The largest absolute Gasteiger partial charge is 0.508 e. The Morgan fingerprint density at radius 2 is 2.33 bits per heavy atom. The summed E-state index contributed by atoms with van der Waals surface area (Å²) in [6.45, 7) is 0.266. The summed E-state index contributed by atoms with van der Waals surface area (Å²) in [5.41, 5.74) is 3.06. The Kier molecular flexibility index (Phi) is 4.25. The predicted molar refractivity (Wildman–Crippen MR) is 88.0 cm³/mol. The molecule has 0 unspecified atom stereocenters. The van der Waals surface area contributed by atoms with E-state index in [1.54, 1.807) is 6.07 Å². The number of aromatic hydroxyl groups is 1. The van der Waals surface area contributed by atoms with E-state index in [0.29, 0.717) is 12.1 Å². The van der Waals surface area contributed by atoms with Gasteiger partial charge < -0.3 is 24.7 Å². The summed E-state index contributed by atoms with van der Waals surface area (Å²) in [6, 6.07) is 5.44. The maximum atomic E-state index is 12.2. The van der Waals surface area contributed by atoms with Gasteiger partial charge in [0.15, 0.2) is 6.29 Å². The van der Waals surface area contributed by atoms with Crippen LogP contribution in [0.15, 0.2) is 35.7 Å². The average molecular weight is 374 g/mol. The van der Waals surface area contributed by atoms with Gasteiger partial charge >= 0.3 is 5.95 Å². The molecular weight excluding hydrogens is 360 g/mol. The molecule has 3 heterocycles. The number of rotatable bonds is 4. The van der Waals surface area contributed by atoms with E-state index in [1.807, 2.05) is 0 Å². The zero-order valence-electron chi connectivity index (χ0n) is 13.8. The van der Waals surface area contributed by atoms with Crippen molar-refractivity contribution in [3.63, 3.8) is 0 Å². The molecule has 1 amide bonds. The number of phenols is 1. The number of carbonyl (C=O) groups excluding carboxylic acids is 1. The summed E-state index contributed by atoms with van der Waals surface area (Å²) < 4.78 is 12.6. The van der Waals surface area contributed by atoms with E-state index in [2.05, 4.69) is 20.6 Å². The number of nitro groups is 1. The number of ether oxygens (including phenoxy) is 2. The molecule has 0 radical (unpaired) electrons. The van der Waals surface area contributed by atoms with Crippen LogP contribution in [-0.2, 0) is 9.47 Å². The molecule has 1 aromatic carbocycles. The van der Waals surface area contributed by atoms with Crippen molar-refractivity contribution >= 4 is 17.6 Å². The third kappa shape index (κ3) is 3.35. The lowest BCUT2D eigenvalue weighted by Gasteiger charge is -2.26. The Bertz CT molecular complexity index is 927. The molecule has 12 nitrogen and oxygen atoms in total. The van der Waals surface area contributed by atoms with E-state index < -0.39 is 29.1 Å². The Morgan fingerprint density at radius 1 is 1.48 bits per heavy atom. The Hall–Kier alpha value is -3.38. The molecule has 12 heteroatoms. The van der Waals surface area contributed by atoms with E-state index in [4.69, 9.17) is 9.47 Å². The minimum atomic E-state index is -0.700. The number of hydrogen-bond acceptors (Lipinski definition) is 9. The molecule has 1 aromatic heterocycles. The number of amides is 1. The molecule has 0 aliphatic carbocycles. The van der Waals surface area contributed by atoms with Crippen molar-refractivity contribution in [1.29, 1.82) is 0 Å². The van der Waals surface area contributed by atoms with Gasteiger partial charge in [-0.3, -0.25) is 4.79 Å². The summed E-state index contributed by atoms with van der Waals surface area (Å²) in [6.07, 6.45) is 0.524. The minimum absolute atomic E-state index is 0.0360. The summed E-state index contributed by atoms with van der Waals surface area (Å²) in [7, 11) is 0. The third-order valence-electron chi connectivity index (χ3n) is 4.24. The van der Waals surface area contributed by atoms with Crippen molar-refractivity contribution in [2.24, 2.45) is 5.10 Å². The second kappa shape index (κ2) is 6.74. The quantitative estimate of drug-likeness (QED) is 0.574. The van der Waals surface area contributed by atoms with Gasteiger partial charge in [0.25, 0.3) is 5.91 Å². The molecule has 140 valence electrons. The fourth-order valence-electron chi connectivity index (χ4n) is 2.94. The molecule has 0 saturated carbocycles. The molecule has 2 N–H and O–H groups in total. The number of hydrazone groups is 1. The predicted octanol–water partition coefficient (Wildman–Crippen LogP) is 0.364. The molecule has 2 fully saturated rings. The van der Waals surface area contributed by atoms with Gasteiger partial charge in [-0.2, -0.15) is 9.78 Å². The van der Waals surface area contributed by atoms with Crippen molar-refractivity contribution in [3.8, 4) is 5.75 Å². The van der Waals surface area contributed by atoms with E-state index in [-0.39, 0.29) is 24.0 Å². The number of benzene rings is 1. The Morgan fingerprint density at radius 3 is 3.07 bits per heavy atom. The first-order valence-electron chi connectivity index (χ1n) is 7.99. The summed E-state index contributed by atoms with van der Waals surface area (Å²) in [5.74, 6) is -1.05. The van der Waals surface area contributed by atoms with Crippen molar-refractivity contribution in [2.75, 3.05) is 6.61 Å². The summed E-state index contributed by atoms with van der Waals surface area (Å²) in [4.78, 5) is 25.9. The van der Waals surface area contributed by atoms with Crippen molar-refractivity contribution < 1.29 is 24.3 Å².